The molecule has 0 atom stereocenters. The van der Waals surface area contributed by atoms with Crippen LogP contribution >= 0.6 is 0 Å². The van der Waals surface area contributed by atoms with Crippen LogP contribution in [0.1, 0.15) is 41.4 Å². The number of sulfone groups is 1. The Morgan fingerprint density at radius 3 is 2.24 bits per heavy atom. The van der Waals surface area contributed by atoms with E-state index in [9.17, 15) is 13.2 Å². The zero-order valence-corrected chi connectivity index (χ0v) is 12.6. The Labute approximate surface area is 123 Å². The summed E-state index contributed by atoms with van der Waals surface area (Å²) in [5.74, 6) is -1.53. The highest BCUT2D eigenvalue weighted by atomic mass is 32.2. The van der Waals surface area contributed by atoms with Crippen LogP contribution in [0.3, 0.4) is 0 Å². The van der Waals surface area contributed by atoms with Crippen LogP contribution in [0.15, 0.2) is 45.9 Å². The molecule has 0 aliphatic heterocycles. The first-order chi connectivity index (χ1) is 9.79. The largest absolute Gasteiger partial charge is 0.475 e. The van der Waals surface area contributed by atoms with Crippen LogP contribution in [0.25, 0.3) is 0 Å². The molecular formula is C15H16O5S. The van der Waals surface area contributed by atoms with Gasteiger partial charge >= 0.3 is 5.97 Å². The van der Waals surface area contributed by atoms with Gasteiger partial charge in [-0.05, 0) is 29.2 Å². The minimum absolute atomic E-state index is 0.224. The molecule has 1 aromatic heterocycles. The predicted molar refractivity (Wildman–Crippen MR) is 77.1 cm³/mol. The van der Waals surface area contributed by atoms with E-state index in [-0.39, 0.29) is 16.6 Å². The first-order valence-electron chi connectivity index (χ1n) is 6.44. The van der Waals surface area contributed by atoms with Crippen molar-refractivity contribution in [3.8, 4) is 0 Å². The summed E-state index contributed by atoms with van der Waals surface area (Å²) >= 11 is 0. The molecule has 112 valence electrons. The third-order valence-corrected chi connectivity index (χ3v) is 4.65. The lowest BCUT2D eigenvalue weighted by Gasteiger charge is -2.06. The van der Waals surface area contributed by atoms with E-state index in [2.05, 4.69) is 13.8 Å². The Kier molecular flexibility index (Phi) is 4.18. The van der Waals surface area contributed by atoms with Gasteiger partial charge in [-0.1, -0.05) is 38.1 Å². The molecule has 0 unspecified atom stereocenters. The summed E-state index contributed by atoms with van der Waals surface area (Å²) in [7, 11) is -3.69. The second kappa shape index (κ2) is 5.73. The first kappa shape index (κ1) is 15.3. The Morgan fingerprint density at radius 2 is 1.76 bits per heavy atom. The molecule has 1 aromatic carbocycles. The van der Waals surface area contributed by atoms with Gasteiger partial charge in [0.25, 0.3) is 0 Å². The molecular weight excluding hydrogens is 292 g/mol. The second-order valence-electron chi connectivity index (χ2n) is 5.08. The number of hydrogen-bond acceptors (Lipinski definition) is 4. The van der Waals surface area contributed by atoms with Crippen molar-refractivity contribution in [3.05, 3.63) is 53.3 Å². The first-order valence-corrected chi connectivity index (χ1v) is 8.09. The molecule has 0 aliphatic rings. The molecule has 2 rings (SSSR count). The summed E-state index contributed by atoms with van der Waals surface area (Å²) < 4.78 is 29.2. The van der Waals surface area contributed by atoms with E-state index >= 15 is 0 Å². The van der Waals surface area contributed by atoms with Crippen molar-refractivity contribution >= 4 is 15.8 Å². The van der Waals surface area contributed by atoms with Gasteiger partial charge < -0.3 is 9.52 Å². The number of rotatable bonds is 5. The lowest BCUT2D eigenvalue weighted by Crippen LogP contribution is -2.04. The second-order valence-corrected chi connectivity index (χ2v) is 7.00. The summed E-state index contributed by atoms with van der Waals surface area (Å²) in [4.78, 5) is 10.7. The fourth-order valence-electron chi connectivity index (χ4n) is 1.89. The Bertz CT molecular complexity index is 739. The van der Waals surface area contributed by atoms with Crippen LogP contribution in [0, 0.1) is 0 Å². The van der Waals surface area contributed by atoms with E-state index in [1.165, 1.54) is 6.07 Å². The molecule has 0 saturated heterocycles. The quantitative estimate of drug-likeness (QED) is 0.917. The van der Waals surface area contributed by atoms with Crippen LogP contribution in [-0.2, 0) is 15.6 Å². The minimum Gasteiger partial charge on any atom is -0.475 e. The van der Waals surface area contributed by atoms with Crippen molar-refractivity contribution in [2.24, 2.45) is 0 Å². The van der Waals surface area contributed by atoms with Gasteiger partial charge in [0.05, 0.1) is 5.75 Å². The van der Waals surface area contributed by atoms with Crippen LogP contribution in [-0.4, -0.2) is 19.5 Å². The van der Waals surface area contributed by atoms with Crippen LogP contribution < -0.4 is 0 Å². The highest BCUT2D eigenvalue weighted by Crippen LogP contribution is 2.21. The molecule has 0 spiro atoms. The molecule has 1 heterocycles. The Hall–Kier alpha value is -2.08. The summed E-state index contributed by atoms with van der Waals surface area (Å²) in [6, 6.07) is 9.60. The van der Waals surface area contributed by atoms with E-state index in [1.54, 1.807) is 12.1 Å². The van der Waals surface area contributed by atoms with Gasteiger partial charge in [-0.25, -0.2) is 13.2 Å². The fourth-order valence-corrected chi connectivity index (χ4v) is 3.16. The maximum atomic E-state index is 12.2. The molecule has 5 nitrogen and oxygen atoms in total. The molecule has 0 fully saturated rings. The normalized spacial score (nSPS) is 11.8. The number of carbonyl (C=O) groups is 1. The number of carboxylic acid groups (broad SMARTS) is 1. The Morgan fingerprint density at radius 1 is 1.14 bits per heavy atom. The van der Waals surface area contributed by atoms with E-state index < -0.39 is 15.8 Å². The lowest BCUT2D eigenvalue weighted by molar-refractivity contribution is 0.0656. The van der Waals surface area contributed by atoms with Gasteiger partial charge in [0, 0.05) is 0 Å². The van der Waals surface area contributed by atoms with Crippen molar-refractivity contribution in [2.45, 2.75) is 30.6 Å². The third-order valence-electron chi connectivity index (χ3n) is 3.10. The fraction of sp³-hybridized carbons (Fsp3) is 0.267. The molecule has 2 aromatic rings. The maximum absolute atomic E-state index is 12.2. The van der Waals surface area contributed by atoms with E-state index in [1.807, 2.05) is 12.1 Å². The number of hydrogen-bond donors (Lipinski definition) is 1. The molecule has 0 amide bonds. The van der Waals surface area contributed by atoms with Crippen molar-refractivity contribution < 1.29 is 22.7 Å². The van der Waals surface area contributed by atoms with Crippen LogP contribution in [0.5, 0.6) is 0 Å². The predicted octanol–water partition coefficient (Wildman–Crippen LogP) is 3.08. The van der Waals surface area contributed by atoms with Crippen molar-refractivity contribution in [2.75, 3.05) is 0 Å². The van der Waals surface area contributed by atoms with E-state index in [4.69, 9.17) is 9.52 Å². The average molecular weight is 308 g/mol. The zero-order chi connectivity index (χ0) is 15.6. The zero-order valence-electron chi connectivity index (χ0n) is 11.7. The Balaban J connectivity index is 2.22. The summed E-state index contributed by atoms with van der Waals surface area (Å²) in [6.45, 7) is 4.12. The SMILES string of the molecule is CC(C)c1ccc(CS(=O)(=O)c2ccc(C(=O)O)o2)cc1. The lowest BCUT2D eigenvalue weighted by atomic mass is 10.0. The van der Waals surface area contributed by atoms with Gasteiger partial charge in [0.1, 0.15) is 0 Å². The van der Waals surface area contributed by atoms with Crippen LogP contribution in [0.2, 0.25) is 0 Å². The van der Waals surface area contributed by atoms with Gasteiger partial charge in [-0.2, -0.15) is 0 Å². The third kappa shape index (κ3) is 3.52. The van der Waals surface area contributed by atoms with Crippen molar-refractivity contribution in [1.29, 1.82) is 0 Å². The smallest absolute Gasteiger partial charge is 0.371 e. The molecule has 1 N–H and O–H groups in total. The molecule has 0 radical (unpaired) electrons. The number of benzene rings is 1. The summed E-state index contributed by atoms with van der Waals surface area (Å²) in [6.07, 6.45) is 0. The average Bonchev–Trinajstić information content (AvgIpc) is 2.89. The minimum atomic E-state index is -3.69. The molecule has 6 heteroatoms. The van der Waals surface area contributed by atoms with Crippen LogP contribution in [0.4, 0.5) is 0 Å². The van der Waals surface area contributed by atoms with Gasteiger partial charge in [0.15, 0.2) is 0 Å². The highest BCUT2D eigenvalue weighted by molar-refractivity contribution is 7.90. The maximum Gasteiger partial charge on any atom is 0.371 e. The van der Waals surface area contributed by atoms with E-state index in [0.29, 0.717) is 11.5 Å². The number of furan rings is 1. The number of aromatic carboxylic acids is 1. The monoisotopic (exact) mass is 308 g/mol. The van der Waals surface area contributed by atoms with Gasteiger partial charge in [-0.15, -0.1) is 0 Å². The molecule has 0 saturated carbocycles. The highest BCUT2D eigenvalue weighted by Gasteiger charge is 2.21. The topological polar surface area (TPSA) is 84.6 Å². The molecule has 0 aliphatic carbocycles. The summed E-state index contributed by atoms with van der Waals surface area (Å²) in [5.41, 5.74) is 1.76. The van der Waals surface area contributed by atoms with Crippen molar-refractivity contribution in [1.82, 2.24) is 0 Å². The molecule has 21 heavy (non-hydrogen) atoms. The summed E-state index contributed by atoms with van der Waals surface area (Å²) in [5, 5.41) is 8.42. The van der Waals surface area contributed by atoms with Gasteiger partial charge in [0.2, 0.25) is 20.7 Å². The van der Waals surface area contributed by atoms with E-state index in [0.717, 1.165) is 11.6 Å². The van der Waals surface area contributed by atoms with Crippen molar-refractivity contribution in [3.63, 3.8) is 0 Å². The standard InChI is InChI=1S/C15H16O5S/c1-10(2)12-5-3-11(4-6-12)9-21(18,19)14-8-7-13(20-14)15(16)17/h3-8,10H,9H2,1-2H3,(H,16,17). The number of carboxylic acids is 1. The van der Waals surface area contributed by atoms with Gasteiger partial charge in [-0.3, -0.25) is 0 Å². The molecule has 0 bridgehead atoms.